The average molecular weight is 221 g/mol. The molecule has 0 spiro atoms. The van der Waals surface area contributed by atoms with Crippen LogP contribution in [0.15, 0.2) is 0 Å². The molecule has 5 heteroatoms. The number of hydrogen-bond acceptors (Lipinski definition) is 4. The van der Waals surface area contributed by atoms with Crippen molar-refractivity contribution in [2.24, 2.45) is 0 Å². The van der Waals surface area contributed by atoms with Gasteiger partial charge in [0.1, 0.15) is 9.84 Å². The molecule has 0 aliphatic carbocycles. The predicted molar refractivity (Wildman–Crippen MR) is 56.2 cm³/mol. The van der Waals surface area contributed by atoms with E-state index in [1.807, 2.05) is 0 Å². The molecule has 14 heavy (non-hydrogen) atoms. The summed E-state index contributed by atoms with van der Waals surface area (Å²) < 4.78 is 27.0. The molecule has 1 aliphatic heterocycles. The summed E-state index contributed by atoms with van der Waals surface area (Å²) in [5.74, 6) is 0.271. The van der Waals surface area contributed by atoms with E-state index < -0.39 is 9.84 Å². The highest BCUT2D eigenvalue weighted by atomic mass is 32.2. The summed E-state index contributed by atoms with van der Waals surface area (Å²) in [6, 6.07) is 0.420. The van der Waals surface area contributed by atoms with E-state index in [-0.39, 0.29) is 5.75 Å². The van der Waals surface area contributed by atoms with Crippen molar-refractivity contribution in [1.29, 1.82) is 0 Å². The molecule has 0 radical (unpaired) electrons. The number of hydrogen-bond donors (Lipinski definition) is 1. The van der Waals surface area contributed by atoms with E-state index in [2.05, 4.69) is 5.32 Å². The van der Waals surface area contributed by atoms with Crippen molar-refractivity contribution in [3.05, 3.63) is 0 Å². The van der Waals surface area contributed by atoms with Crippen LogP contribution in [0.2, 0.25) is 0 Å². The maximum absolute atomic E-state index is 10.8. The highest BCUT2D eigenvalue weighted by molar-refractivity contribution is 7.90. The minimum Gasteiger partial charge on any atom is -0.380 e. The zero-order chi connectivity index (χ0) is 10.4. The Bertz CT molecular complexity index is 245. The Morgan fingerprint density at radius 1 is 1.50 bits per heavy atom. The third-order valence-corrected chi connectivity index (χ3v) is 3.32. The third-order valence-electron chi connectivity index (χ3n) is 2.29. The number of sulfone groups is 1. The maximum Gasteiger partial charge on any atom is 0.147 e. The van der Waals surface area contributed by atoms with Crippen LogP contribution < -0.4 is 5.32 Å². The van der Waals surface area contributed by atoms with Crippen molar-refractivity contribution in [1.82, 2.24) is 5.32 Å². The van der Waals surface area contributed by atoms with Crippen molar-refractivity contribution in [2.45, 2.75) is 25.3 Å². The van der Waals surface area contributed by atoms with Gasteiger partial charge in [0.05, 0.1) is 12.4 Å². The van der Waals surface area contributed by atoms with Crippen molar-refractivity contribution in [3.8, 4) is 0 Å². The number of rotatable bonds is 5. The Morgan fingerprint density at radius 3 is 2.86 bits per heavy atom. The van der Waals surface area contributed by atoms with E-state index in [4.69, 9.17) is 4.74 Å². The molecule has 0 aromatic carbocycles. The first-order chi connectivity index (χ1) is 6.58. The smallest absolute Gasteiger partial charge is 0.147 e. The van der Waals surface area contributed by atoms with Gasteiger partial charge in [-0.05, 0) is 25.8 Å². The second kappa shape index (κ2) is 5.68. The molecule has 1 unspecified atom stereocenters. The molecule has 1 heterocycles. The topological polar surface area (TPSA) is 55.4 Å². The molecule has 0 amide bonds. The van der Waals surface area contributed by atoms with Crippen LogP contribution in [0.1, 0.15) is 19.3 Å². The summed E-state index contributed by atoms with van der Waals surface area (Å²) in [4.78, 5) is 0. The van der Waals surface area contributed by atoms with Gasteiger partial charge in [-0.25, -0.2) is 8.42 Å². The highest BCUT2D eigenvalue weighted by Gasteiger charge is 2.12. The minimum absolute atomic E-state index is 0.271. The van der Waals surface area contributed by atoms with Gasteiger partial charge in [0, 0.05) is 18.9 Å². The van der Waals surface area contributed by atoms with Gasteiger partial charge < -0.3 is 10.1 Å². The minimum atomic E-state index is -2.80. The first-order valence-electron chi connectivity index (χ1n) is 5.07. The molecule has 1 N–H and O–H groups in total. The van der Waals surface area contributed by atoms with Gasteiger partial charge in [-0.3, -0.25) is 0 Å². The van der Waals surface area contributed by atoms with E-state index in [1.54, 1.807) is 0 Å². The molecule has 0 bridgehead atoms. The fraction of sp³-hybridized carbons (Fsp3) is 1.00. The molecule has 0 aromatic heterocycles. The van der Waals surface area contributed by atoms with E-state index in [0.29, 0.717) is 12.5 Å². The molecule has 0 aromatic rings. The number of ether oxygens (including phenoxy) is 1. The van der Waals surface area contributed by atoms with Crippen molar-refractivity contribution < 1.29 is 13.2 Å². The van der Waals surface area contributed by atoms with E-state index in [1.165, 1.54) is 6.26 Å². The van der Waals surface area contributed by atoms with Crippen LogP contribution in [0.5, 0.6) is 0 Å². The summed E-state index contributed by atoms with van der Waals surface area (Å²) in [5.41, 5.74) is 0. The predicted octanol–water partition coefficient (Wildman–Crippen LogP) is 0.190. The largest absolute Gasteiger partial charge is 0.380 e. The molecule has 0 saturated carbocycles. The molecular weight excluding hydrogens is 202 g/mol. The van der Waals surface area contributed by atoms with Crippen molar-refractivity contribution in [2.75, 3.05) is 31.8 Å². The molecule has 1 saturated heterocycles. The third kappa shape index (κ3) is 5.57. The molecule has 1 atom stereocenters. The second-order valence-electron chi connectivity index (χ2n) is 3.85. The monoisotopic (exact) mass is 221 g/mol. The van der Waals surface area contributed by atoms with Crippen LogP contribution in [0.4, 0.5) is 0 Å². The van der Waals surface area contributed by atoms with Gasteiger partial charge >= 0.3 is 0 Å². The van der Waals surface area contributed by atoms with Crippen LogP contribution in [0, 0.1) is 0 Å². The van der Waals surface area contributed by atoms with E-state index in [0.717, 1.165) is 32.6 Å². The van der Waals surface area contributed by atoms with Crippen LogP contribution in [-0.2, 0) is 14.6 Å². The highest BCUT2D eigenvalue weighted by Crippen LogP contribution is 2.05. The van der Waals surface area contributed by atoms with Crippen LogP contribution in [0.3, 0.4) is 0 Å². The van der Waals surface area contributed by atoms with Crippen LogP contribution in [-0.4, -0.2) is 46.2 Å². The lowest BCUT2D eigenvalue weighted by atomic mass is 10.1. The van der Waals surface area contributed by atoms with Crippen molar-refractivity contribution in [3.63, 3.8) is 0 Å². The average Bonchev–Trinajstić information content (AvgIpc) is 2.13. The quantitative estimate of drug-likeness (QED) is 0.673. The first kappa shape index (κ1) is 11.9. The zero-order valence-corrected chi connectivity index (χ0v) is 9.48. The molecule has 1 fully saturated rings. The van der Waals surface area contributed by atoms with Crippen molar-refractivity contribution >= 4 is 9.84 Å². The Morgan fingerprint density at radius 2 is 2.29 bits per heavy atom. The lowest BCUT2D eigenvalue weighted by Crippen LogP contribution is -2.37. The summed E-state index contributed by atoms with van der Waals surface area (Å²) in [5, 5.41) is 3.30. The summed E-state index contributed by atoms with van der Waals surface area (Å²) >= 11 is 0. The zero-order valence-electron chi connectivity index (χ0n) is 8.66. The Hall–Kier alpha value is -0.130. The lowest BCUT2D eigenvalue weighted by molar-refractivity contribution is 0.0706. The Kier molecular flexibility index (Phi) is 4.84. The Balaban J connectivity index is 2.03. The van der Waals surface area contributed by atoms with Gasteiger partial charge in [-0.1, -0.05) is 0 Å². The fourth-order valence-corrected chi connectivity index (χ4v) is 2.21. The molecule has 84 valence electrons. The normalized spacial score (nSPS) is 23.6. The fourth-order valence-electron chi connectivity index (χ4n) is 1.54. The van der Waals surface area contributed by atoms with Gasteiger partial charge in [-0.15, -0.1) is 0 Å². The van der Waals surface area contributed by atoms with E-state index in [9.17, 15) is 8.42 Å². The molecule has 1 rings (SSSR count). The summed E-state index contributed by atoms with van der Waals surface area (Å²) in [6.07, 6.45) is 4.20. The van der Waals surface area contributed by atoms with E-state index >= 15 is 0 Å². The maximum atomic E-state index is 10.8. The van der Waals surface area contributed by atoms with Crippen LogP contribution in [0.25, 0.3) is 0 Å². The van der Waals surface area contributed by atoms with Gasteiger partial charge in [0.25, 0.3) is 0 Å². The summed E-state index contributed by atoms with van der Waals surface area (Å²) in [6.45, 7) is 2.39. The SMILES string of the molecule is CS(=O)(=O)CCCNC1CCCOC1. The molecular formula is C9H19NO3S. The second-order valence-corrected chi connectivity index (χ2v) is 6.11. The number of nitrogens with one attached hydrogen (secondary N) is 1. The van der Waals surface area contributed by atoms with Crippen LogP contribution >= 0.6 is 0 Å². The molecule has 1 aliphatic rings. The van der Waals surface area contributed by atoms with Gasteiger partial charge in [0.15, 0.2) is 0 Å². The Labute approximate surface area is 85.9 Å². The first-order valence-corrected chi connectivity index (χ1v) is 7.13. The lowest BCUT2D eigenvalue weighted by Gasteiger charge is -2.23. The molecule has 4 nitrogen and oxygen atoms in total. The summed E-state index contributed by atoms with van der Waals surface area (Å²) in [7, 11) is -2.80. The van der Waals surface area contributed by atoms with Gasteiger partial charge in [0.2, 0.25) is 0 Å². The van der Waals surface area contributed by atoms with Gasteiger partial charge in [-0.2, -0.15) is 0 Å². The standard InChI is InChI=1S/C9H19NO3S/c1-14(11,12)7-3-5-10-9-4-2-6-13-8-9/h9-10H,2-8H2,1H3.